The second-order valence-corrected chi connectivity index (χ2v) is 6.08. The lowest BCUT2D eigenvalue weighted by atomic mass is 9.81. The highest BCUT2D eigenvalue weighted by Gasteiger charge is 2.61. The largest absolute Gasteiger partial charge is 0.274 e. The van der Waals surface area contributed by atoms with Crippen LogP contribution < -0.4 is 4.90 Å². The van der Waals surface area contributed by atoms with E-state index in [1.807, 2.05) is 0 Å². The molecule has 1 saturated heterocycles. The maximum atomic E-state index is 12.4. The quantitative estimate of drug-likeness (QED) is 0.710. The molecule has 1 aliphatic heterocycles. The molecule has 1 aromatic rings. The first-order chi connectivity index (χ1) is 8.27. The Bertz CT molecular complexity index is 471. The molecular weight excluding hydrogens is 236 g/mol. The Balaban J connectivity index is 1.77. The molecule has 2 amide bonds. The second-order valence-electron chi connectivity index (χ2n) is 5.21. The average Bonchev–Trinajstić information content (AvgIpc) is 3.03. The van der Waals surface area contributed by atoms with Crippen LogP contribution in [0.15, 0.2) is 11.6 Å². The van der Waals surface area contributed by atoms with Gasteiger partial charge in [-0.25, -0.2) is 9.88 Å². The van der Waals surface area contributed by atoms with Crippen LogP contribution >= 0.6 is 11.3 Å². The van der Waals surface area contributed by atoms with Crippen LogP contribution in [0.3, 0.4) is 0 Å². The van der Waals surface area contributed by atoms with E-state index < -0.39 is 0 Å². The highest BCUT2D eigenvalue weighted by atomic mass is 32.1. The minimum Gasteiger partial charge on any atom is -0.274 e. The number of amides is 2. The number of aromatic nitrogens is 1. The number of carbonyl (C=O) groups is 2. The van der Waals surface area contributed by atoms with Crippen molar-refractivity contribution in [3.63, 3.8) is 0 Å². The SMILES string of the molecule is O=C1[C@@H]2[C@H]3CC[C@@H](C3)[C@H]2C(=O)N1c1nccs1. The van der Waals surface area contributed by atoms with Gasteiger partial charge in [-0.3, -0.25) is 9.59 Å². The van der Waals surface area contributed by atoms with Crippen molar-refractivity contribution >= 4 is 28.3 Å². The van der Waals surface area contributed by atoms with Gasteiger partial charge in [-0.1, -0.05) is 0 Å². The topological polar surface area (TPSA) is 50.3 Å². The molecule has 17 heavy (non-hydrogen) atoms. The van der Waals surface area contributed by atoms with Crippen molar-refractivity contribution in [3.8, 4) is 0 Å². The fourth-order valence-electron chi connectivity index (χ4n) is 3.92. The Morgan fingerprint density at radius 2 is 1.82 bits per heavy atom. The first kappa shape index (κ1) is 9.76. The Hall–Kier alpha value is -1.23. The summed E-state index contributed by atoms with van der Waals surface area (Å²) in [6.45, 7) is 0. The lowest BCUT2D eigenvalue weighted by Crippen LogP contribution is -2.32. The van der Waals surface area contributed by atoms with Crippen LogP contribution in [0.1, 0.15) is 19.3 Å². The monoisotopic (exact) mass is 248 g/mol. The number of carbonyl (C=O) groups excluding carboxylic acids is 2. The van der Waals surface area contributed by atoms with E-state index in [0.717, 1.165) is 19.3 Å². The van der Waals surface area contributed by atoms with Gasteiger partial charge in [-0.2, -0.15) is 0 Å². The molecule has 2 heterocycles. The molecule has 0 spiro atoms. The number of fused-ring (bicyclic) bond motifs is 5. The molecule has 0 aromatic carbocycles. The summed E-state index contributed by atoms with van der Waals surface area (Å²) in [6.07, 6.45) is 4.97. The minimum atomic E-state index is -0.0369. The molecule has 1 aromatic heterocycles. The maximum Gasteiger partial charge on any atom is 0.239 e. The van der Waals surface area contributed by atoms with Crippen molar-refractivity contribution < 1.29 is 9.59 Å². The molecule has 0 radical (unpaired) electrons. The van der Waals surface area contributed by atoms with Gasteiger partial charge in [-0.15, -0.1) is 11.3 Å². The molecule has 3 fully saturated rings. The third-order valence-electron chi connectivity index (χ3n) is 4.54. The van der Waals surface area contributed by atoms with E-state index in [0.29, 0.717) is 17.0 Å². The average molecular weight is 248 g/mol. The van der Waals surface area contributed by atoms with Crippen LogP contribution in [0.5, 0.6) is 0 Å². The number of rotatable bonds is 1. The molecule has 0 unspecified atom stereocenters. The van der Waals surface area contributed by atoms with Gasteiger partial charge in [0, 0.05) is 11.6 Å². The lowest BCUT2D eigenvalue weighted by Gasteiger charge is -2.19. The van der Waals surface area contributed by atoms with Crippen LogP contribution in [-0.4, -0.2) is 16.8 Å². The van der Waals surface area contributed by atoms with Gasteiger partial charge >= 0.3 is 0 Å². The van der Waals surface area contributed by atoms with E-state index >= 15 is 0 Å². The van der Waals surface area contributed by atoms with Crippen LogP contribution in [0.25, 0.3) is 0 Å². The van der Waals surface area contributed by atoms with E-state index in [-0.39, 0.29) is 23.7 Å². The van der Waals surface area contributed by atoms with Gasteiger partial charge < -0.3 is 0 Å². The second kappa shape index (κ2) is 3.16. The fourth-order valence-corrected chi connectivity index (χ4v) is 4.57. The summed E-state index contributed by atoms with van der Waals surface area (Å²) < 4.78 is 0. The summed E-state index contributed by atoms with van der Waals surface area (Å²) >= 11 is 1.36. The fraction of sp³-hybridized carbons (Fsp3) is 0.583. The molecule has 88 valence electrons. The molecule has 0 N–H and O–H groups in total. The van der Waals surface area contributed by atoms with E-state index in [9.17, 15) is 9.59 Å². The summed E-state index contributed by atoms with van der Waals surface area (Å²) in [5.41, 5.74) is 0. The Morgan fingerprint density at radius 3 is 2.35 bits per heavy atom. The molecule has 2 saturated carbocycles. The van der Waals surface area contributed by atoms with Crippen LogP contribution in [0.2, 0.25) is 0 Å². The zero-order chi connectivity index (χ0) is 11.6. The number of hydrogen-bond donors (Lipinski definition) is 0. The van der Waals surface area contributed by atoms with Crippen molar-refractivity contribution in [3.05, 3.63) is 11.6 Å². The van der Waals surface area contributed by atoms with Gasteiger partial charge in [0.2, 0.25) is 11.8 Å². The van der Waals surface area contributed by atoms with E-state index in [1.165, 1.54) is 16.2 Å². The van der Waals surface area contributed by atoms with Crippen molar-refractivity contribution in [1.82, 2.24) is 4.98 Å². The lowest BCUT2D eigenvalue weighted by molar-refractivity contribution is -0.123. The summed E-state index contributed by atoms with van der Waals surface area (Å²) in [6, 6.07) is 0. The Morgan fingerprint density at radius 1 is 1.18 bits per heavy atom. The summed E-state index contributed by atoms with van der Waals surface area (Å²) in [5, 5.41) is 2.35. The minimum absolute atomic E-state index is 0.00199. The first-order valence-electron chi connectivity index (χ1n) is 6.04. The van der Waals surface area contributed by atoms with E-state index in [1.54, 1.807) is 11.6 Å². The molecule has 5 heteroatoms. The zero-order valence-corrected chi connectivity index (χ0v) is 10.0. The van der Waals surface area contributed by atoms with E-state index in [2.05, 4.69) is 4.98 Å². The maximum absolute atomic E-state index is 12.4. The number of thiazole rings is 1. The summed E-state index contributed by atoms with van der Waals surface area (Å²) in [4.78, 5) is 30.2. The summed E-state index contributed by atoms with van der Waals surface area (Å²) in [7, 11) is 0. The molecule has 4 rings (SSSR count). The van der Waals surface area contributed by atoms with Crippen molar-refractivity contribution in [1.29, 1.82) is 0 Å². The highest BCUT2D eigenvalue weighted by molar-refractivity contribution is 7.14. The summed E-state index contributed by atoms with van der Waals surface area (Å²) in [5.74, 6) is 0.831. The standard InChI is InChI=1S/C12H12N2O2S/c15-10-8-6-1-2-7(5-6)9(8)11(16)14(10)12-13-3-4-17-12/h3-4,6-9H,1-2,5H2/t6-,7-,8+,9+/m0/s1. The van der Waals surface area contributed by atoms with E-state index in [4.69, 9.17) is 0 Å². The Kier molecular flexibility index (Phi) is 1.82. The molecule has 2 aliphatic carbocycles. The molecule has 4 nitrogen and oxygen atoms in total. The van der Waals surface area contributed by atoms with Crippen molar-refractivity contribution in [2.75, 3.05) is 4.90 Å². The number of anilines is 1. The highest BCUT2D eigenvalue weighted by Crippen LogP contribution is 2.56. The van der Waals surface area contributed by atoms with Crippen LogP contribution in [0.4, 0.5) is 5.13 Å². The molecule has 3 aliphatic rings. The third-order valence-corrected chi connectivity index (χ3v) is 5.29. The predicted octanol–water partition coefficient (Wildman–Crippen LogP) is 1.68. The third kappa shape index (κ3) is 1.10. The normalized spacial score (nSPS) is 39.2. The molecule has 4 atom stereocenters. The number of hydrogen-bond acceptors (Lipinski definition) is 4. The number of nitrogens with zero attached hydrogens (tertiary/aromatic N) is 2. The zero-order valence-electron chi connectivity index (χ0n) is 9.20. The van der Waals surface area contributed by atoms with Gasteiger partial charge in [0.15, 0.2) is 5.13 Å². The molecule has 2 bridgehead atoms. The van der Waals surface area contributed by atoms with Crippen LogP contribution in [-0.2, 0) is 9.59 Å². The van der Waals surface area contributed by atoms with Crippen LogP contribution in [0, 0.1) is 23.7 Å². The molecular formula is C12H12N2O2S. The van der Waals surface area contributed by atoms with Crippen molar-refractivity contribution in [2.45, 2.75) is 19.3 Å². The predicted molar refractivity (Wildman–Crippen MR) is 62.4 cm³/mol. The van der Waals surface area contributed by atoms with Gasteiger partial charge in [0.05, 0.1) is 11.8 Å². The first-order valence-corrected chi connectivity index (χ1v) is 6.92. The smallest absolute Gasteiger partial charge is 0.239 e. The van der Waals surface area contributed by atoms with Gasteiger partial charge in [0.1, 0.15) is 0 Å². The van der Waals surface area contributed by atoms with Gasteiger partial charge in [-0.05, 0) is 31.1 Å². The van der Waals surface area contributed by atoms with Crippen molar-refractivity contribution in [2.24, 2.45) is 23.7 Å². The number of imide groups is 1. The Labute approximate surface area is 103 Å². The van der Waals surface area contributed by atoms with Gasteiger partial charge in [0.25, 0.3) is 0 Å².